The maximum Gasteiger partial charge on any atom is 0.0313 e. The van der Waals surface area contributed by atoms with Gasteiger partial charge in [-0.3, -0.25) is 4.98 Å². The van der Waals surface area contributed by atoms with Gasteiger partial charge in [-0.2, -0.15) is 0 Å². The van der Waals surface area contributed by atoms with Crippen LogP contribution in [0.4, 0.5) is 0 Å². The summed E-state index contributed by atoms with van der Waals surface area (Å²) in [4.78, 5) is 4.20. The van der Waals surface area contributed by atoms with Crippen LogP contribution in [0.1, 0.15) is 37.3 Å². The molecule has 0 radical (unpaired) electrons. The maximum atomic E-state index is 4.20. The summed E-state index contributed by atoms with van der Waals surface area (Å²) in [5.74, 6) is 0. The van der Waals surface area contributed by atoms with Gasteiger partial charge in [-0.05, 0) is 42.7 Å². The first-order valence-corrected chi connectivity index (χ1v) is 5.85. The van der Waals surface area contributed by atoms with Crippen LogP contribution in [0.2, 0.25) is 0 Å². The Kier molecular flexibility index (Phi) is 3.06. The molecule has 0 bridgehead atoms. The molecule has 1 fully saturated rings. The Morgan fingerprint density at radius 2 is 2.20 bits per heavy atom. The molecule has 0 unspecified atom stereocenters. The summed E-state index contributed by atoms with van der Waals surface area (Å²) in [5.41, 5.74) is 3.17. The van der Waals surface area contributed by atoms with E-state index in [9.17, 15) is 0 Å². The summed E-state index contributed by atoms with van der Waals surface area (Å²) in [6.07, 6.45) is 7.97. The Bertz CT molecular complexity index is 329. The van der Waals surface area contributed by atoms with Crippen LogP contribution in [-0.2, 0) is 6.54 Å². The molecular weight excluding hydrogens is 184 g/mol. The van der Waals surface area contributed by atoms with Gasteiger partial charge in [0.25, 0.3) is 0 Å². The van der Waals surface area contributed by atoms with Crippen LogP contribution < -0.4 is 5.32 Å². The molecule has 1 aliphatic rings. The molecule has 2 rings (SSSR count). The van der Waals surface area contributed by atoms with Gasteiger partial charge < -0.3 is 5.32 Å². The zero-order valence-electron chi connectivity index (χ0n) is 9.71. The van der Waals surface area contributed by atoms with E-state index in [0.29, 0.717) is 5.41 Å². The summed E-state index contributed by atoms with van der Waals surface area (Å²) < 4.78 is 0. The zero-order valence-corrected chi connectivity index (χ0v) is 9.71. The Labute approximate surface area is 92.1 Å². The van der Waals surface area contributed by atoms with Gasteiger partial charge in [0.05, 0.1) is 0 Å². The van der Waals surface area contributed by atoms with Crippen LogP contribution in [0.3, 0.4) is 0 Å². The Morgan fingerprint density at radius 1 is 1.40 bits per heavy atom. The molecule has 0 aromatic carbocycles. The molecule has 82 valence electrons. The van der Waals surface area contributed by atoms with Crippen molar-refractivity contribution in [3.05, 3.63) is 29.6 Å². The topological polar surface area (TPSA) is 24.9 Å². The van der Waals surface area contributed by atoms with Gasteiger partial charge in [-0.25, -0.2) is 0 Å². The van der Waals surface area contributed by atoms with Crippen molar-refractivity contribution in [2.45, 2.75) is 39.7 Å². The molecule has 1 saturated carbocycles. The lowest BCUT2D eigenvalue weighted by molar-refractivity contribution is 0.443. The quantitative estimate of drug-likeness (QED) is 0.797. The number of nitrogens with zero attached hydrogens (tertiary/aromatic N) is 1. The molecule has 0 spiro atoms. The molecule has 2 heteroatoms. The second kappa shape index (κ2) is 4.31. The summed E-state index contributed by atoms with van der Waals surface area (Å²) in [7, 11) is 0. The number of nitrogens with one attached hydrogen (secondary N) is 1. The van der Waals surface area contributed by atoms with Crippen molar-refractivity contribution in [2.75, 3.05) is 6.54 Å². The Hall–Kier alpha value is -0.890. The monoisotopic (exact) mass is 204 g/mol. The molecule has 0 atom stereocenters. The third-order valence-electron chi connectivity index (χ3n) is 3.47. The van der Waals surface area contributed by atoms with Crippen LogP contribution in [0.25, 0.3) is 0 Å². The second-order valence-corrected chi connectivity index (χ2v) is 4.83. The molecule has 0 saturated heterocycles. The van der Waals surface area contributed by atoms with E-state index >= 15 is 0 Å². The van der Waals surface area contributed by atoms with Crippen LogP contribution in [0.5, 0.6) is 0 Å². The molecule has 15 heavy (non-hydrogen) atoms. The molecular formula is C13H20N2. The van der Waals surface area contributed by atoms with Crippen LogP contribution in [0.15, 0.2) is 18.5 Å². The predicted octanol–water partition coefficient (Wildman–Crippen LogP) is 2.67. The van der Waals surface area contributed by atoms with Gasteiger partial charge in [0.2, 0.25) is 0 Å². The number of aromatic nitrogens is 1. The SMILES string of the molecule is CCC1(CNCc2cncc(C)c2)CC1. The van der Waals surface area contributed by atoms with E-state index in [4.69, 9.17) is 0 Å². The van der Waals surface area contributed by atoms with Crippen LogP contribution in [0, 0.1) is 12.3 Å². The molecule has 1 heterocycles. The summed E-state index contributed by atoms with van der Waals surface area (Å²) in [6.45, 7) is 6.50. The first kappa shape index (κ1) is 10.6. The van der Waals surface area contributed by atoms with E-state index < -0.39 is 0 Å². The number of hydrogen-bond acceptors (Lipinski definition) is 2. The van der Waals surface area contributed by atoms with Gasteiger partial charge >= 0.3 is 0 Å². The lowest BCUT2D eigenvalue weighted by Crippen LogP contribution is -2.23. The number of pyridine rings is 1. The molecule has 0 amide bonds. The summed E-state index contributed by atoms with van der Waals surface area (Å²) in [6, 6.07) is 2.20. The van der Waals surface area contributed by atoms with Crippen molar-refractivity contribution in [1.82, 2.24) is 10.3 Å². The molecule has 2 nitrogen and oxygen atoms in total. The van der Waals surface area contributed by atoms with Gasteiger partial charge in [0.15, 0.2) is 0 Å². The zero-order chi connectivity index (χ0) is 10.7. The van der Waals surface area contributed by atoms with Gasteiger partial charge in [0, 0.05) is 25.5 Å². The van der Waals surface area contributed by atoms with E-state index in [1.54, 1.807) is 0 Å². The highest BCUT2D eigenvalue weighted by Gasteiger charge is 2.39. The highest BCUT2D eigenvalue weighted by molar-refractivity contribution is 5.16. The minimum absolute atomic E-state index is 0.636. The fraction of sp³-hybridized carbons (Fsp3) is 0.615. The number of rotatable bonds is 5. The first-order valence-electron chi connectivity index (χ1n) is 5.85. The smallest absolute Gasteiger partial charge is 0.0313 e. The van der Waals surface area contributed by atoms with Crippen LogP contribution >= 0.6 is 0 Å². The van der Waals surface area contributed by atoms with E-state index in [0.717, 1.165) is 13.1 Å². The van der Waals surface area contributed by atoms with Crippen molar-refractivity contribution in [3.63, 3.8) is 0 Å². The Morgan fingerprint density at radius 3 is 2.80 bits per heavy atom. The lowest BCUT2D eigenvalue weighted by atomic mass is 10.0. The molecule has 1 aliphatic carbocycles. The first-order chi connectivity index (χ1) is 7.24. The van der Waals surface area contributed by atoms with Crippen molar-refractivity contribution in [3.8, 4) is 0 Å². The van der Waals surface area contributed by atoms with Crippen molar-refractivity contribution < 1.29 is 0 Å². The molecule has 1 aromatic rings. The lowest BCUT2D eigenvalue weighted by Gasteiger charge is -2.13. The summed E-state index contributed by atoms with van der Waals surface area (Å²) >= 11 is 0. The van der Waals surface area contributed by atoms with Crippen LogP contribution in [-0.4, -0.2) is 11.5 Å². The van der Waals surface area contributed by atoms with E-state index in [1.165, 1.54) is 30.4 Å². The van der Waals surface area contributed by atoms with E-state index in [-0.39, 0.29) is 0 Å². The Balaban J connectivity index is 1.78. The molecule has 1 aromatic heterocycles. The number of hydrogen-bond donors (Lipinski definition) is 1. The minimum atomic E-state index is 0.636. The van der Waals surface area contributed by atoms with Crippen molar-refractivity contribution in [2.24, 2.45) is 5.41 Å². The van der Waals surface area contributed by atoms with E-state index in [1.807, 2.05) is 12.4 Å². The molecule has 0 aliphatic heterocycles. The largest absolute Gasteiger partial charge is 0.312 e. The normalized spacial score (nSPS) is 17.7. The average molecular weight is 204 g/mol. The minimum Gasteiger partial charge on any atom is -0.312 e. The highest BCUT2D eigenvalue weighted by Crippen LogP contribution is 2.47. The standard InChI is InChI=1S/C13H20N2/c1-3-13(4-5-13)10-15-9-12-6-11(2)7-14-8-12/h6-8,15H,3-5,9-10H2,1-2H3. The number of aryl methyl sites for hydroxylation is 1. The maximum absolute atomic E-state index is 4.20. The fourth-order valence-electron chi connectivity index (χ4n) is 2.02. The highest BCUT2D eigenvalue weighted by atomic mass is 14.9. The third-order valence-corrected chi connectivity index (χ3v) is 3.47. The second-order valence-electron chi connectivity index (χ2n) is 4.83. The van der Waals surface area contributed by atoms with Crippen molar-refractivity contribution in [1.29, 1.82) is 0 Å². The fourth-order valence-corrected chi connectivity index (χ4v) is 2.02. The van der Waals surface area contributed by atoms with E-state index in [2.05, 4.69) is 30.2 Å². The van der Waals surface area contributed by atoms with Gasteiger partial charge in [-0.15, -0.1) is 0 Å². The average Bonchev–Trinajstić information content (AvgIpc) is 2.99. The van der Waals surface area contributed by atoms with Crippen molar-refractivity contribution >= 4 is 0 Å². The molecule has 1 N–H and O–H groups in total. The van der Waals surface area contributed by atoms with Gasteiger partial charge in [-0.1, -0.05) is 13.0 Å². The third kappa shape index (κ3) is 2.78. The van der Waals surface area contributed by atoms with Gasteiger partial charge in [0.1, 0.15) is 0 Å². The predicted molar refractivity (Wildman–Crippen MR) is 62.6 cm³/mol. The summed E-state index contributed by atoms with van der Waals surface area (Å²) in [5, 5.41) is 3.54.